The summed E-state index contributed by atoms with van der Waals surface area (Å²) >= 11 is 0. The van der Waals surface area contributed by atoms with Gasteiger partial charge in [-0.2, -0.15) is 13.2 Å². The van der Waals surface area contributed by atoms with Crippen molar-refractivity contribution in [2.24, 2.45) is 5.73 Å². The zero-order valence-electron chi connectivity index (χ0n) is 21.1. The Balaban J connectivity index is 0.00000210. The van der Waals surface area contributed by atoms with Gasteiger partial charge in [0.2, 0.25) is 0 Å². The maximum absolute atomic E-state index is 15.3. The van der Waals surface area contributed by atoms with Gasteiger partial charge in [-0.3, -0.25) is 9.30 Å². The topological polar surface area (TPSA) is 90.8 Å². The fourth-order valence-corrected chi connectivity index (χ4v) is 4.77. The van der Waals surface area contributed by atoms with Crippen molar-refractivity contribution in [3.8, 4) is 17.3 Å². The van der Waals surface area contributed by atoms with Gasteiger partial charge in [-0.15, -0.1) is 35.0 Å². The van der Waals surface area contributed by atoms with Gasteiger partial charge in [0.15, 0.2) is 17.3 Å². The summed E-state index contributed by atoms with van der Waals surface area (Å²) in [6.07, 6.45) is -3.06. The van der Waals surface area contributed by atoms with Crippen LogP contribution in [-0.4, -0.2) is 69.6 Å². The summed E-state index contributed by atoms with van der Waals surface area (Å²) in [5.74, 6) is -0.289. The molecular weight excluding hydrogens is 563 g/mol. The van der Waals surface area contributed by atoms with Crippen molar-refractivity contribution < 1.29 is 27.0 Å². The van der Waals surface area contributed by atoms with E-state index in [2.05, 4.69) is 15.2 Å². The molecule has 3 atom stereocenters. The van der Waals surface area contributed by atoms with E-state index in [1.165, 1.54) is 33.7 Å². The van der Waals surface area contributed by atoms with Gasteiger partial charge in [0.05, 0.1) is 6.61 Å². The van der Waals surface area contributed by atoms with Crippen LogP contribution in [0.5, 0.6) is 5.75 Å². The first kappa shape index (κ1) is 30.8. The van der Waals surface area contributed by atoms with E-state index in [1.807, 2.05) is 6.92 Å². The van der Waals surface area contributed by atoms with Gasteiger partial charge in [0.25, 0.3) is 0 Å². The number of hydrogen-bond acceptors (Lipinski definition) is 7. The minimum Gasteiger partial charge on any atom is -0.486 e. The van der Waals surface area contributed by atoms with E-state index >= 15 is 4.39 Å². The van der Waals surface area contributed by atoms with Gasteiger partial charge in [-0.25, -0.2) is 9.37 Å². The van der Waals surface area contributed by atoms with Crippen LogP contribution < -0.4 is 10.5 Å². The van der Waals surface area contributed by atoms with Crippen LogP contribution in [0.4, 0.5) is 17.6 Å². The largest absolute Gasteiger partial charge is 0.486 e. The highest BCUT2D eigenvalue weighted by Gasteiger charge is 2.46. The monoisotopic (exact) mass is 590 g/mol. The minimum atomic E-state index is -4.54. The lowest BCUT2D eigenvalue weighted by Crippen LogP contribution is -2.38. The molecular formula is C25H28Cl2F4N6O2. The van der Waals surface area contributed by atoms with Crippen LogP contribution in [-0.2, 0) is 4.74 Å². The molecule has 0 radical (unpaired) electrons. The number of nitrogens with two attached hydrogens (primary N) is 1. The van der Waals surface area contributed by atoms with Crippen LogP contribution in [0.3, 0.4) is 0 Å². The van der Waals surface area contributed by atoms with Gasteiger partial charge >= 0.3 is 6.18 Å². The second kappa shape index (κ2) is 12.2. The lowest BCUT2D eigenvalue weighted by atomic mass is 10.1. The molecule has 1 aliphatic heterocycles. The Morgan fingerprint density at radius 3 is 2.59 bits per heavy atom. The van der Waals surface area contributed by atoms with Crippen molar-refractivity contribution in [2.75, 3.05) is 26.8 Å². The number of alkyl halides is 3. The Morgan fingerprint density at radius 2 is 1.92 bits per heavy atom. The number of fused-ring (bicyclic) bond motifs is 2. The summed E-state index contributed by atoms with van der Waals surface area (Å²) in [4.78, 5) is 5.79. The van der Waals surface area contributed by atoms with E-state index in [0.29, 0.717) is 29.7 Å². The molecule has 5 rings (SSSR count). The lowest BCUT2D eigenvalue weighted by Gasteiger charge is -2.30. The molecule has 14 heteroatoms. The molecule has 8 nitrogen and oxygen atoms in total. The second-order valence-corrected chi connectivity index (χ2v) is 9.23. The fourth-order valence-electron chi connectivity index (χ4n) is 4.77. The molecule has 0 amide bonds. The Bertz CT molecular complexity index is 1440. The highest BCUT2D eigenvalue weighted by molar-refractivity contribution is 5.86. The smallest absolute Gasteiger partial charge is 0.408 e. The maximum atomic E-state index is 15.3. The first-order chi connectivity index (χ1) is 17.7. The van der Waals surface area contributed by atoms with Crippen LogP contribution in [0.1, 0.15) is 24.9 Å². The predicted molar refractivity (Wildman–Crippen MR) is 143 cm³/mol. The van der Waals surface area contributed by atoms with Crippen LogP contribution >= 0.6 is 24.8 Å². The number of hydrogen-bond donors (Lipinski definition) is 1. The molecule has 1 aliphatic rings. The van der Waals surface area contributed by atoms with Crippen LogP contribution in [0.2, 0.25) is 0 Å². The number of pyridine rings is 2. The highest BCUT2D eigenvalue weighted by atomic mass is 35.5. The van der Waals surface area contributed by atoms with Crippen LogP contribution in [0, 0.1) is 5.82 Å². The molecule has 0 unspecified atom stereocenters. The number of rotatable bonds is 7. The molecule has 1 saturated heterocycles. The number of benzene rings is 1. The van der Waals surface area contributed by atoms with Crippen molar-refractivity contribution in [1.82, 2.24) is 24.5 Å². The molecule has 0 spiro atoms. The number of aromatic nitrogens is 4. The third kappa shape index (κ3) is 6.20. The Labute approximate surface area is 234 Å². The van der Waals surface area contributed by atoms with E-state index in [0.717, 1.165) is 0 Å². The standard InChI is InChI=1S/C25H26F4N6O2.2ClH/c1-14(13-36-2)37-19-5-3-4-15-10-18(26)22(31-21(15)19)24-33-32-20-7-6-16(11-35(20)24)23(25(27,28)29)34-9-8-17(30)12-34;;/h3-7,10-11,14,17,23H,8-9,12-13,30H2,1-2H3;2*1H/t14-,17+,23-;;/m1../s1. The summed E-state index contributed by atoms with van der Waals surface area (Å²) in [6.45, 7) is 2.51. The molecule has 0 bridgehead atoms. The van der Waals surface area contributed by atoms with E-state index in [1.54, 1.807) is 25.3 Å². The summed E-state index contributed by atoms with van der Waals surface area (Å²) < 4.78 is 70.1. The summed E-state index contributed by atoms with van der Waals surface area (Å²) in [5.41, 5.74) is 6.35. The predicted octanol–water partition coefficient (Wildman–Crippen LogP) is 4.98. The number of para-hydroxylation sites is 1. The van der Waals surface area contributed by atoms with E-state index < -0.39 is 18.0 Å². The van der Waals surface area contributed by atoms with E-state index in [9.17, 15) is 13.2 Å². The molecule has 212 valence electrons. The van der Waals surface area contributed by atoms with Crippen LogP contribution in [0.25, 0.3) is 28.1 Å². The van der Waals surface area contributed by atoms with Crippen LogP contribution in [0.15, 0.2) is 42.6 Å². The first-order valence-electron chi connectivity index (χ1n) is 11.8. The Morgan fingerprint density at radius 1 is 1.15 bits per heavy atom. The first-order valence-corrected chi connectivity index (χ1v) is 11.8. The highest BCUT2D eigenvalue weighted by Crippen LogP contribution is 2.40. The van der Waals surface area contributed by atoms with Gasteiger partial charge < -0.3 is 15.2 Å². The Hall–Kier alpha value is -2.77. The summed E-state index contributed by atoms with van der Waals surface area (Å²) in [7, 11) is 1.56. The molecule has 4 aromatic rings. The molecule has 1 fully saturated rings. The third-order valence-corrected chi connectivity index (χ3v) is 6.38. The molecule has 39 heavy (non-hydrogen) atoms. The minimum absolute atomic E-state index is 0. The number of halogens is 6. The molecule has 4 heterocycles. The van der Waals surface area contributed by atoms with Crippen molar-refractivity contribution in [1.29, 1.82) is 0 Å². The third-order valence-electron chi connectivity index (χ3n) is 6.38. The second-order valence-electron chi connectivity index (χ2n) is 9.23. The van der Waals surface area contributed by atoms with Gasteiger partial charge in [0.1, 0.15) is 29.1 Å². The van der Waals surface area contributed by atoms with Crippen molar-refractivity contribution in [3.63, 3.8) is 0 Å². The quantitative estimate of drug-likeness (QED) is 0.304. The molecule has 0 saturated carbocycles. The average molecular weight is 591 g/mol. The molecule has 0 aliphatic carbocycles. The number of likely N-dealkylation sites (tertiary alicyclic amines) is 1. The summed E-state index contributed by atoms with van der Waals surface area (Å²) in [5, 5.41) is 8.59. The Kier molecular flexibility index (Phi) is 9.60. The normalized spacial score (nSPS) is 17.6. The average Bonchev–Trinajstić information content (AvgIpc) is 3.44. The van der Waals surface area contributed by atoms with E-state index in [-0.39, 0.29) is 72.8 Å². The zero-order valence-corrected chi connectivity index (χ0v) is 22.7. The lowest BCUT2D eigenvalue weighted by molar-refractivity contribution is -0.183. The molecule has 3 aromatic heterocycles. The number of ether oxygens (including phenoxy) is 2. The van der Waals surface area contributed by atoms with Gasteiger partial charge in [0, 0.05) is 37.8 Å². The fraction of sp³-hybridized carbons (Fsp3) is 0.400. The van der Waals surface area contributed by atoms with Gasteiger partial charge in [-0.1, -0.05) is 18.2 Å². The zero-order chi connectivity index (χ0) is 26.3. The molecule has 2 N–H and O–H groups in total. The SMILES string of the molecule is COC[C@@H](C)Oc1cccc2cc(F)c(-c3nnc4ccc([C@@H](N5CC[C@H](N)C5)C(F)(F)F)cn34)nc12.Cl.Cl. The van der Waals surface area contributed by atoms with Crippen molar-refractivity contribution >= 4 is 41.4 Å². The molecule has 1 aromatic carbocycles. The van der Waals surface area contributed by atoms with Gasteiger partial charge in [-0.05, 0) is 37.1 Å². The summed E-state index contributed by atoms with van der Waals surface area (Å²) in [6, 6.07) is 7.02. The van der Waals surface area contributed by atoms with E-state index in [4.69, 9.17) is 15.2 Å². The number of nitrogens with zero attached hydrogens (tertiary/aromatic N) is 5. The number of methoxy groups -OCH3 is 1. The van der Waals surface area contributed by atoms with Crippen molar-refractivity contribution in [3.05, 3.63) is 54.0 Å². The maximum Gasteiger partial charge on any atom is 0.408 e. The van der Waals surface area contributed by atoms with Crippen molar-refractivity contribution in [2.45, 2.75) is 37.7 Å².